The maximum atomic E-state index is 4.47. The fraction of sp³-hybridized carbons (Fsp3) is 0.381. The van der Waals surface area contributed by atoms with Crippen LogP contribution in [0.25, 0.3) is 0 Å². The number of rotatable bonds is 6. The lowest BCUT2D eigenvalue weighted by atomic mass is 10.0. The van der Waals surface area contributed by atoms with E-state index in [-0.39, 0.29) is 0 Å². The van der Waals surface area contributed by atoms with Crippen molar-refractivity contribution in [3.63, 3.8) is 0 Å². The maximum absolute atomic E-state index is 4.47. The average molecular weight is 362 g/mol. The molecule has 6 heteroatoms. The zero-order chi connectivity index (χ0) is 18.5. The smallest absolute Gasteiger partial charge is 0.134 e. The predicted molar refractivity (Wildman–Crippen MR) is 108 cm³/mol. The van der Waals surface area contributed by atoms with Crippen molar-refractivity contribution in [1.82, 2.24) is 19.7 Å². The Morgan fingerprint density at radius 3 is 2.93 bits per heavy atom. The summed E-state index contributed by atoms with van der Waals surface area (Å²) in [5, 5.41) is 7.71. The van der Waals surface area contributed by atoms with Crippen LogP contribution in [0.2, 0.25) is 0 Å². The molecule has 1 aliphatic heterocycles. The van der Waals surface area contributed by atoms with Crippen LogP contribution in [0.15, 0.2) is 55.1 Å². The summed E-state index contributed by atoms with van der Waals surface area (Å²) in [6.07, 6.45) is 7.99. The standard InChI is InChI=1S/C21H26N6/c1-17-5-3-9-26(14-17)21-12-20(23-16-24-21)22-13-18-6-2-7-19(11-18)15-27-10-4-8-25-27/h2,4,6-8,10-12,16-17H,3,5,9,13-15H2,1H3,(H,22,23,24). The lowest BCUT2D eigenvalue weighted by molar-refractivity contribution is 0.444. The number of hydrogen-bond acceptors (Lipinski definition) is 5. The van der Waals surface area contributed by atoms with Crippen molar-refractivity contribution in [2.45, 2.75) is 32.9 Å². The van der Waals surface area contributed by atoms with Crippen LogP contribution >= 0.6 is 0 Å². The molecule has 1 saturated heterocycles. The molecule has 3 heterocycles. The Labute approximate surface area is 160 Å². The van der Waals surface area contributed by atoms with Gasteiger partial charge in [-0.3, -0.25) is 4.68 Å². The Balaban J connectivity index is 1.39. The molecular weight excluding hydrogens is 336 g/mol. The van der Waals surface area contributed by atoms with Crippen molar-refractivity contribution in [3.05, 3.63) is 66.2 Å². The number of piperidine rings is 1. The average Bonchev–Trinajstić information content (AvgIpc) is 3.20. The zero-order valence-corrected chi connectivity index (χ0v) is 15.8. The van der Waals surface area contributed by atoms with Crippen molar-refractivity contribution in [2.24, 2.45) is 5.92 Å². The molecule has 1 unspecified atom stereocenters. The van der Waals surface area contributed by atoms with Crippen LogP contribution in [0, 0.1) is 5.92 Å². The second kappa shape index (κ2) is 8.20. The third kappa shape index (κ3) is 4.64. The number of nitrogens with zero attached hydrogens (tertiary/aromatic N) is 5. The number of nitrogens with one attached hydrogen (secondary N) is 1. The van der Waals surface area contributed by atoms with Crippen molar-refractivity contribution in [2.75, 3.05) is 23.3 Å². The highest BCUT2D eigenvalue weighted by atomic mass is 15.3. The minimum absolute atomic E-state index is 0.725. The van der Waals surface area contributed by atoms with E-state index in [0.717, 1.165) is 43.7 Å². The monoisotopic (exact) mass is 362 g/mol. The molecule has 1 atom stereocenters. The Morgan fingerprint density at radius 2 is 2.07 bits per heavy atom. The predicted octanol–water partition coefficient (Wildman–Crippen LogP) is 3.57. The molecule has 4 rings (SSSR count). The van der Waals surface area contributed by atoms with E-state index in [4.69, 9.17) is 0 Å². The Hall–Kier alpha value is -2.89. The van der Waals surface area contributed by atoms with Gasteiger partial charge in [0, 0.05) is 38.1 Å². The van der Waals surface area contributed by atoms with Crippen LogP contribution < -0.4 is 10.2 Å². The molecule has 0 spiro atoms. The van der Waals surface area contributed by atoms with Gasteiger partial charge in [0.2, 0.25) is 0 Å². The van der Waals surface area contributed by atoms with Gasteiger partial charge < -0.3 is 10.2 Å². The molecular formula is C21H26N6. The topological polar surface area (TPSA) is 58.9 Å². The van der Waals surface area contributed by atoms with E-state index in [0.29, 0.717) is 0 Å². The summed E-state index contributed by atoms with van der Waals surface area (Å²) in [4.78, 5) is 11.2. The summed E-state index contributed by atoms with van der Waals surface area (Å²) in [6, 6.07) is 12.6. The third-order valence-corrected chi connectivity index (χ3v) is 5.00. The second-order valence-electron chi connectivity index (χ2n) is 7.33. The number of hydrogen-bond donors (Lipinski definition) is 1. The van der Waals surface area contributed by atoms with Crippen LogP contribution in [-0.2, 0) is 13.1 Å². The van der Waals surface area contributed by atoms with Gasteiger partial charge in [-0.2, -0.15) is 5.10 Å². The summed E-state index contributed by atoms with van der Waals surface area (Å²) in [5.41, 5.74) is 2.47. The van der Waals surface area contributed by atoms with E-state index in [1.54, 1.807) is 12.5 Å². The van der Waals surface area contributed by atoms with Gasteiger partial charge in [0.05, 0.1) is 6.54 Å². The van der Waals surface area contributed by atoms with Crippen molar-refractivity contribution in [1.29, 1.82) is 0 Å². The lowest BCUT2D eigenvalue weighted by Crippen LogP contribution is -2.34. The molecule has 6 nitrogen and oxygen atoms in total. The SMILES string of the molecule is CC1CCCN(c2cc(NCc3cccc(Cn4cccn4)c3)ncn2)C1. The summed E-state index contributed by atoms with van der Waals surface area (Å²) in [5.74, 6) is 2.62. The molecule has 1 fully saturated rings. The fourth-order valence-electron chi connectivity index (χ4n) is 3.63. The van der Waals surface area contributed by atoms with Crippen LogP contribution in [0.3, 0.4) is 0 Å². The lowest BCUT2D eigenvalue weighted by Gasteiger charge is -2.31. The first-order valence-electron chi connectivity index (χ1n) is 9.62. The van der Waals surface area contributed by atoms with Crippen LogP contribution in [0.4, 0.5) is 11.6 Å². The quantitative estimate of drug-likeness (QED) is 0.726. The molecule has 0 aliphatic carbocycles. The number of benzene rings is 1. The number of aromatic nitrogens is 4. The Kier molecular flexibility index (Phi) is 5.32. The van der Waals surface area contributed by atoms with E-state index >= 15 is 0 Å². The highest BCUT2D eigenvalue weighted by Gasteiger charge is 2.17. The summed E-state index contributed by atoms with van der Waals surface area (Å²) in [7, 11) is 0. The van der Waals surface area contributed by atoms with Gasteiger partial charge in [-0.1, -0.05) is 31.2 Å². The molecule has 2 aromatic heterocycles. The maximum Gasteiger partial charge on any atom is 0.134 e. The molecule has 1 aromatic carbocycles. The largest absolute Gasteiger partial charge is 0.366 e. The molecule has 140 valence electrons. The van der Waals surface area contributed by atoms with Gasteiger partial charge in [-0.15, -0.1) is 0 Å². The minimum Gasteiger partial charge on any atom is -0.366 e. The molecule has 0 saturated carbocycles. The van der Waals surface area contributed by atoms with Gasteiger partial charge in [-0.25, -0.2) is 9.97 Å². The molecule has 0 bridgehead atoms. The third-order valence-electron chi connectivity index (χ3n) is 5.00. The van der Waals surface area contributed by atoms with Gasteiger partial charge in [0.1, 0.15) is 18.0 Å². The van der Waals surface area contributed by atoms with E-state index < -0.39 is 0 Å². The van der Waals surface area contributed by atoms with Gasteiger partial charge in [-0.05, 0) is 36.0 Å². The minimum atomic E-state index is 0.725. The Bertz CT molecular complexity index is 861. The van der Waals surface area contributed by atoms with Gasteiger partial charge in [0.15, 0.2) is 0 Å². The first-order valence-corrected chi connectivity index (χ1v) is 9.62. The first-order chi connectivity index (χ1) is 13.3. The zero-order valence-electron chi connectivity index (χ0n) is 15.8. The number of anilines is 2. The van der Waals surface area contributed by atoms with E-state index in [1.807, 2.05) is 16.9 Å². The fourth-order valence-corrected chi connectivity index (χ4v) is 3.63. The first kappa shape index (κ1) is 17.5. The van der Waals surface area contributed by atoms with E-state index in [2.05, 4.69) is 62.5 Å². The normalized spacial score (nSPS) is 17.1. The van der Waals surface area contributed by atoms with Crippen LogP contribution in [-0.4, -0.2) is 32.8 Å². The van der Waals surface area contributed by atoms with Crippen molar-refractivity contribution >= 4 is 11.6 Å². The van der Waals surface area contributed by atoms with Gasteiger partial charge >= 0.3 is 0 Å². The molecule has 0 amide bonds. The van der Waals surface area contributed by atoms with Crippen LogP contribution in [0.5, 0.6) is 0 Å². The molecule has 27 heavy (non-hydrogen) atoms. The summed E-state index contributed by atoms with van der Waals surface area (Å²) < 4.78 is 1.93. The van der Waals surface area contributed by atoms with E-state index in [9.17, 15) is 0 Å². The molecule has 1 N–H and O–H groups in total. The second-order valence-corrected chi connectivity index (χ2v) is 7.33. The van der Waals surface area contributed by atoms with Gasteiger partial charge in [0.25, 0.3) is 0 Å². The molecule has 0 radical (unpaired) electrons. The van der Waals surface area contributed by atoms with E-state index in [1.165, 1.54) is 24.0 Å². The highest BCUT2D eigenvalue weighted by Crippen LogP contribution is 2.22. The van der Waals surface area contributed by atoms with Crippen molar-refractivity contribution < 1.29 is 0 Å². The Morgan fingerprint density at radius 1 is 1.15 bits per heavy atom. The van der Waals surface area contributed by atoms with Crippen molar-refractivity contribution in [3.8, 4) is 0 Å². The summed E-state index contributed by atoms with van der Waals surface area (Å²) >= 11 is 0. The summed E-state index contributed by atoms with van der Waals surface area (Å²) in [6.45, 7) is 5.98. The van der Waals surface area contributed by atoms with Crippen LogP contribution in [0.1, 0.15) is 30.9 Å². The molecule has 3 aromatic rings. The molecule has 1 aliphatic rings. The highest BCUT2D eigenvalue weighted by molar-refractivity contribution is 5.49.